The Morgan fingerprint density at radius 1 is 1.33 bits per heavy atom. The first-order chi connectivity index (χ1) is 10.2. The standard InChI is InChI=1S/C17H20N2OS/c1-4-9-18-11(2)16-12(3)19-17(21-16)14-10-20-15-8-6-5-7-13(14)15/h5-8,10-11,18H,4,9H2,1-3H3. The number of hydrogen-bond donors (Lipinski definition) is 1. The van der Waals surface area contributed by atoms with E-state index in [9.17, 15) is 0 Å². The molecule has 1 N–H and O–H groups in total. The fourth-order valence-electron chi connectivity index (χ4n) is 2.52. The third-order valence-electron chi connectivity index (χ3n) is 3.64. The van der Waals surface area contributed by atoms with E-state index in [0.29, 0.717) is 6.04 Å². The van der Waals surface area contributed by atoms with Gasteiger partial charge in [-0.25, -0.2) is 4.98 Å². The molecule has 1 aromatic carbocycles. The number of fused-ring (bicyclic) bond motifs is 1. The highest BCUT2D eigenvalue weighted by molar-refractivity contribution is 7.15. The lowest BCUT2D eigenvalue weighted by Gasteiger charge is -2.11. The van der Waals surface area contributed by atoms with Crippen molar-refractivity contribution in [1.29, 1.82) is 0 Å². The molecule has 3 rings (SSSR count). The van der Waals surface area contributed by atoms with Crippen molar-refractivity contribution < 1.29 is 4.42 Å². The van der Waals surface area contributed by atoms with E-state index >= 15 is 0 Å². The second kappa shape index (κ2) is 6.00. The lowest BCUT2D eigenvalue weighted by Crippen LogP contribution is -2.18. The van der Waals surface area contributed by atoms with E-state index in [1.807, 2.05) is 24.5 Å². The Bertz CT molecular complexity index is 744. The number of rotatable bonds is 5. The Morgan fingerprint density at radius 3 is 2.95 bits per heavy atom. The van der Waals surface area contributed by atoms with Crippen LogP contribution in [0.1, 0.15) is 36.9 Å². The number of nitrogens with zero attached hydrogens (tertiary/aromatic N) is 1. The number of para-hydroxylation sites is 1. The predicted octanol–water partition coefficient (Wildman–Crippen LogP) is 4.93. The van der Waals surface area contributed by atoms with Gasteiger partial charge in [-0.2, -0.15) is 0 Å². The van der Waals surface area contributed by atoms with Crippen molar-refractivity contribution in [3.05, 3.63) is 41.1 Å². The molecule has 0 bridgehead atoms. The molecule has 0 aliphatic rings. The van der Waals surface area contributed by atoms with Gasteiger partial charge >= 0.3 is 0 Å². The van der Waals surface area contributed by atoms with Crippen LogP contribution in [0.4, 0.5) is 0 Å². The largest absolute Gasteiger partial charge is 0.464 e. The molecular formula is C17H20N2OS. The molecular weight excluding hydrogens is 280 g/mol. The first kappa shape index (κ1) is 14.3. The number of hydrogen-bond acceptors (Lipinski definition) is 4. The average molecular weight is 300 g/mol. The molecule has 110 valence electrons. The van der Waals surface area contributed by atoms with Gasteiger partial charge in [-0.1, -0.05) is 25.1 Å². The van der Waals surface area contributed by atoms with E-state index in [2.05, 4.69) is 32.2 Å². The Kier molecular flexibility index (Phi) is 4.08. The Morgan fingerprint density at radius 2 is 2.14 bits per heavy atom. The first-order valence-corrected chi connectivity index (χ1v) is 8.19. The normalized spacial score (nSPS) is 12.9. The second-order valence-corrected chi connectivity index (χ2v) is 6.32. The van der Waals surface area contributed by atoms with Gasteiger partial charge in [0.2, 0.25) is 0 Å². The summed E-state index contributed by atoms with van der Waals surface area (Å²) in [5.74, 6) is 0. The van der Waals surface area contributed by atoms with E-state index < -0.39 is 0 Å². The van der Waals surface area contributed by atoms with Gasteiger partial charge in [0.1, 0.15) is 16.9 Å². The minimum absolute atomic E-state index is 0.342. The van der Waals surface area contributed by atoms with Crippen LogP contribution < -0.4 is 5.32 Å². The average Bonchev–Trinajstić information content (AvgIpc) is 3.08. The molecule has 4 heteroatoms. The van der Waals surface area contributed by atoms with Crippen LogP contribution in [0.25, 0.3) is 21.5 Å². The summed E-state index contributed by atoms with van der Waals surface area (Å²) in [5.41, 5.74) is 3.11. The summed E-state index contributed by atoms with van der Waals surface area (Å²) in [7, 11) is 0. The van der Waals surface area contributed by atoms with E-state index in [0.717, 1.165) is 40.2 Å². The minimum atomic E-state index is 0.342. The molecule has 3 nitrogen and oxygen atoms in total. The molecule has 0 radical (unpaired) electrons. The van der Waals surface area contributed by atoms with Crippen LogP contribution in [-0.4, -0.2) is 11.5 Å². The van der Waals surface area contributed by atoms with Crippen molar-refractivity contribution in [2.75, 3.05) is 6.54 Å². The molecule has 0 saturated carbocycles. The van der Waals surface area contributed by atoms with Gasteiger partial charge in [-0.3, -0.25) is 0 Å². The number of aromatic nitrogens is 1. The zero-order valence-electron chi connectivity index (χ0n) is 12.6. The van der Waals surface area contributed by atoms with Gasteiger partial charge < -0.3 is 9.73 Å². The third kappa shape index (κ3) is 2.74. The van der Waals surface area contributed by atoms with E-state index in [-0.39, 0.29) is 0 Å². The van der Waals surface area contributed by atoms with E-state index in [4.69, 9.17) is 9.40 Å². The Balaban J connectivity index is 1.97. The second-order valence-electron chi connectivity index (χ2n) is 5.29. The van der Waals surface area contributed by atoms with Crippen molar-refractivity contribution in [3.8, 4) is 10.6 Å². The van der Waals surface area contributed by atoms with Gasteiger partial charge in [0, 0.05) is 16.3 Å². The first-order valence-electron chi connectivity index (χ1n) is 7.38. The molecule has 2 heterocycles. The molecule has 0 spiro atoms. The maximum atomic E-state index is 5.63. The van der Waals surface area contributed by atoms with Crippen LogP contribution in [0, 0.1) is 6.92 Å². The summed E-state index contributed by atoms with van der Waals surface area (Å²) in [5, 5.41) is 5.70. The lowest BCUT2D eigenvalue weighted by molar-refractivity contribution is 0.575. The van der Waals surface area contributed by atoms with Crippen LogP contribution >= 0.6 is 11.3 Å². The smallest absolute Gasteiger partial charge is 0.134 e. The van der Waals surface area contributed by atoms with Gasteiger partial charge in [-0.05, 0) is 32.9 Å². The summed E-state index contributed by atoms with van der Waals surface area (Å²) in [6, 6.07) is 8.45. The highest BCUT2D eigenvalue weighted by Crippen LogP contribution is 2.36. The number of benzene rings is 1. The summed E-state index contributed by atoms with van der Waals surface area (Å²) < 4.78 is 5.63. The van der Waals surface area contributed by atoms with Crippen molar-refractivity contribution in [1.82, 2.24) is 10.3 Å². The lowest BCUT2D eigenvalue weighted by atomic mass is 10.2. The Labute approximate surface area is 129 Å². The molecule has 2 aromatic heterocycles. The van der Waals surface area contributed by atoms with Crippen molar-refractivity contribution >= 4 is 22.3 Å². The van der Waals surface area contributed by atoms with Crippen molar-refractivity contribution in [3.63, 3.8) is 0 Å². The van der Waals surface area contributed by atoms with Crippen molar-refractivity contribution in [2.45, 2.75) is 33.2 Å². The molecule has 3 aromatic rings. The number of aryl methyl sites for hydroxylation is 1. The highest BCUT2D eigenvalue weighted by Gasteiger charge is 2.17. The molecule has 0 amide bonds. The molecule has 0 saturated heterocycles. The van der Waals surface area contributed by atoms with Crippen LogP contribution in [0.2, 0.25) is 0 Å². The minimum Gasteiger partial charge on any atom is -0.464 e. The molecule has 0 aliphatic heterocycles. The van der Waals surface area contributed by atoms with E-state index in [1.54, 1.807) is 11.3 Å². The monoisotopic (exact) mass is 300 g/mol. The van der Waals surface area contributed by atoms with Gasteiger partial charge in [0.15, 0.2) is 0 Å². The fraction of sp³-hybridized carbons (Fsp3) is 0.353. The topological polar surface area (TPSA) is 38.1 Å². The predicted molar refractivity (Wildman–Crippen MR) is 88.8 cm³/mol. The third-order valence-corrected chi connectivity index (χ3v) is 5.01. The number of furan rings is 1. The van der Waals surface area contributed by atoms with Crippen LogP contribution in [0.15, 0.2) is 34.9 Å². The maximum Gasteiger partial charge on any atom is 0.134 e. The molecule has 0 aliphatic carbocycles. The quantitative estimate of drug-likeness (QED) is 0.726. The summed E-state index contributed by atoms with van der Waals surface area (Å²) in [6.45, 7) is 7.50. The summed E-state index contributed by atoms with van der Waals surface area (Å²) in [6.07, 6.45) is 2.96. The maximum absolute atomic E-state index is 5.63. The Hall–Kier alpha value is -1.65. The fourth-order valence-corrected chi connectivity index (χ4v) is 3.63. The van der Waals surface area contributed by atoms with Gasteiger partial charge in [0.05, 0.1) is 11.3 Å². The zero-order chi connectivity index (χ0) is 14.8. The molecule has 1 unspecified atom stereocenters. The zero-order valence-corrected chi connectivity index (χ0v) is 13.5. The van der Waals surface area contributed by atoms with Gasteiger partial charge in [-0.15, -0.1) is 11.3 Å². The molecule has 21 heavy (non-hydrogen) atoms. The van der Waals surface area contributed by atoms with Crippen LogP contribution in [0.3, 0.4) is 0 Å². The molecule has 1 atom stereocenters. The van der Waals surface area contributed by atoms with Crippen molar-refractivity contribution in [2.24, 2.45) is 0 Å². The summed E-state index contributed by atoms with van der Waals surface area (Å²) in [4.78, 5) is 6.06. The van der Waals surface area contributed by atoms with Gasteiger partial charge in [0.25, 0.3) is 0 Å². The van der Waals surface area contributed by atoms with Crippen LogP contribution in [-0.2, 0) is 0 Å². The molecule has 0 fully saturated rings. The number of thiazole rings is 1. The highest BCUT2D eigenvalue weighted by atomic mass is 32.1. The number of nitrogens with one attached hydrogen (secondary N) is 1. The van der Waals surface area contributed by atoms with E-state index in [1.165, 1.54) is 4.88 Å². The van der Waals surface area contributed by atoms with Crippen LogP contribution in [0.5, 0.6) is 0 Å². The SMILES string of the molecule is CCCNC(C)c1sc(-c2coc3ccccc23)nc1C. The summed E-state index contributed by atoms with van der Waals surface area (Å²) >= 11 is 1.76.